The summed E-state index contributed by atoms with van der Waals surface area (Å²) in [6, 6.07) is 1.32. The minimum atomic E-state index is 0.359. The second kappa shape index (κ2) is 7.64. The first kappa shape index (κ1) is 17.0. The number of hydrogen-bond acceptors (Lipinski definition) is 2. The van der Waals surface area contributed by atoms with Crippen molar-refractivity contribution in [1.82, 2.24) is 10.2 Å². The van der Waals surface area contributed by atoms with Gasteiger partial charge in [0.1, 0.15) is 0 Å². The molecular weight excluding hydrogens is 232 g/mol. The van der Waals surface area contributed by atoms with Gasteiger partial charge in [-0.3, -0.25) is 0 Å². The maximum Gasteiger partial charge on any atom is 0.0128 e. The number of nitrogens with one attached hydrogen (secondary N) is 1. The molecule has 1 aliphatic rings. The third-order valence-corrected chi connectivity index (χ3v) is 4.31. The van der Waals surface area contributed by atoms with E-state index >= 15 is 0 Å². The Labute approximate surface area is 121 Å². The lowest BCUT2D eigenvalue weighted by Gasteiger charge is -2.35. The molecule has 1 N–H and O–H groups in total. The van der Waals surface area contributed by atoms with Gasteiger partial charge >= 0.3 is 0 Å². The minimum Gasteiger partial charge on any atom is -0.313 e. The summed E-state index contributed by atoms with van der Waals surface area (Å²) in [5.74, 6) is 0.999. The summed E-state index contributed by atoms with van der Waals surface area (Å²) in [7, 11) is 0. The highest BCUT2D eigenvalue weighted by molar-refractivity contribution is 4.84. The van der Waals surface area contributed by atoms with Crippen molar-refractivity contribution in [1.29, 1.82) is 0 Å². The molecule has 0 bridgehead atoms. The summed E-state index contributed by atoms with van der Waals surface area (Å²) >= 11 is 0. The van der Waals surface area contributed by atoms with Gasteiger partial charge in [-0.1, -0.05) is 27.7 Å². The van der Waals surface area contributed by atoms with Crippen molar-refractivity contribution in [3.05, 3.63) is 0 Å². The average Bonchev–Trinajstić information content (AvgIpc) is 3.09. The molecule has 1 atom stereocenters. The quantitative estimate of drug-likeness (QED) is 0.682. The van der Waals surface area contributed by atoms with Crippen LogP contribution < -0.4 is 5.32 Å². The van der Waals surface area contributed by atoms with Crippen molar-refractivity contribution in [3.63, 3.8) is 0 Å². The first-order valence-electron chi connectivity index (χ1n) is 8.32. The minimum absolute atomic E-state index is 0.359. The van der Waals surface area contributed by atoms with Crippen LogP contribution in [0, 0.1) is 11.3 Å². The van der Waals surface area contributed by atoms with Crippen molar-refractivity contribution >= 4 is 0 Å². The second-order valence-corrected chi connectivity index (χ2v) is 7.69. The molecule has 0 aromatic rings. The molecule has 0 amide bonds. The van der Waals surface area contributed by atoms with Crippen LogP contribution in [-0.4, -0.2) is 36.6 Å². The maximum atomic E-state index is 3.75. The van der Waals surface area contributed by atoms with E-state index in [0.29, 0.717) is 17.5 Å². The van der Waals surface area contributed by atoms with E-state index in [1.165, 1.54) is 38.8 Å². The zero-order chi connectivity index (χ0) is 14.5. The highest BCUT2D eigenvalue weighted by Gasteiger charge is 2.28. The summed E-state index contributed by atoms with van der Waals surface area (Å²) in [4.78, 5) is 2.68. The third kappa shape index (κ3) is 6.76. The molecule has 0 spiro atoms. The first-order valence-corrected chi connectivity index (χ1v) is 8.32. The van der Waals surface area contributed by atoms with Crippen LogP contribution in [0.5, 0.6) is 0 Å². The Hall–Kier alpha value is -0.0800. The van der Waals surface area contributed by atoms with Crippen molar-refractivity contribution in [3.8, 4) is 0 Å². The van der Waals surface area contributed by atoms with Gasteiger partial charge in [-0.2, -0.15) is 0 Å². The van der Waals surface area contributed by atoms with Gasteiger partial charge in [-0.15, -0.1) is 0 Å². The molecule has 1 rings (SSSR count). The van der Waals surface area contributed by atoms with E-state index in [9.17, 15) is 0 Å². The smallest absolute Gasteiger partial charge is 0.0128 e. The highest BCUT2D eigenvalue weighted by Crippen LogP contribution is 2.30. The Balaban J connectivity index is 2.42. The van der Waals surface area contributed by atoms with E-state index in [1.54, 1.807) is 0 Å². The van der Waals surface area contributed by atoms with Crippen molar-refractivity contribution < 1.29 is 0 Å². The predicted octanol–water partition coefficient (Wildman–Crippen LogP) is 3.91. The lowest BCUT2D eigenvalue weighted by Crippen LogP contribution is -2.44. The van der Waals surface area contributed by atoms with E-state index in [0.717, 1.165) is 12.5 Å². The Morgan fingerprint density at radius 3 is 2.26 bits per heavy atom. The topological polar surface area (TPSA) is 15.3 Å². The Morgan fingerprint density at radius 2 is 1.84 bits per heavy atom. The normalized spacial score (nSPS) is 18.3. The Kier molecular flexibility index (Phi) is 6.82. The fourth-order valence-electron chi connectivity index (χ4n) is 2.65. The van der Waals surface area contributed by atoms with Crippen LogP contribution in [0.2, 0.25) is 0 Å². The summed E-state index contributed by atoms with van der Waals surface area (Å²) in [6.45, 7) is 17.7. The van der Waals surface area contributed by atoms with Gasteiger partial charge in [0.15, 0.2) is 0 Å². The fourth-order valence-corrected chi connectivity index (χ4v) is 2.65. The molecule has 1 unspecified atom stereocenters. The van der Waals surface area contributed by atoms with Crippen molar-refractivity contribution in [2.45, 2.75) is 79.3 Å². The average molecular weight is 268 g/mol. The van der Waals surface area contributed by atoms with Gasteiger partial charge in [-0.05, 0) is 64.0 Å². The van der Waals surface area contributed by atoms with Crippen LogP contribution >= 0.6 is 0 Å². The summed E-state index contributed by atoms with van der Waals surface area (Å²) in [6.07, 6.45) is 5.41. The molecule has 0 aromatic carbocycles. The molecule has 2 heteroatoms. The van der Waals surface area contributed by atoms with Crippen LogP contribution in [0.15, 0.2) is 0 Å². The number of nitrogens with zero attached hydrogens (tertiary/aromatic N) is 1. The van der Waals surface area contributed by atoms with Gasteiger partial charge in [0.2, 0.25) is 0 Å². The van der Waals surface area contributed by atoms with Crippen molar-refractivity contribution in [2.75, 3.05) is 19.6 Å². The van der Waals surface area contributed by atoms with Gasteiger partial charge in [-0.25, -0.2) is 0 Å². The van der Waals surface area contributed by atoms with Crippen LogP contribution in [-0.2, 0) is 0 Å². The van der Waals surface area contributed by atoms with E-state index in [-0.39, 0.29) is 0 Å². The Bertz CT molecular complexity index is 238. The van der Waals surface area contributed by atoms with E-state index < -0.39 is 0 Å². The monoisotopic (exact) mass is 268 g/mol. The molecule has 0 aromatic heterocycles. The first-order chi connectivity index (χ1) is 8.84. The second-order valence-electron chi connectivity index (χ2n) is 7.69. The van der Waals surface area contributed by atoms with Crippen LogP contribution in [0.3, 0.4) is 0 Å². The molecule has 0 radical (unpaired) electrons. The van der Waals surface area contributed by atoms with Crippen molar-refractivity contribution in [2.24, 2.45) is 11.3 Å². The van der Waals surface area contributed by atoms with Crippen LogP contribution in [0.4, 0.5) is 0 Å². The molecule has 1 aliphatic carbocycles. The lowest BCUT2D eigenvalue weighted by atomic mass is 9.84. The number of rotatable bonds is 9. The molecule has 0 saturated heterocycles. The molecule has 0 aliphatic heterocycles. The molecule has 0 heterocycles. The van der Waals surface area contributed by atoms with E-state index in [4.69, 9.17) is 0 Å². The fraction of sp³-hybridized carbons (Fsp3) is 1.00. The molecule has 114 valence electrons. The zero-order valence-corrected chi connectivity index (χ0v) is 14.1. The van der Waals surface area contributed by atoms with E-state index in [1.807, 2.05) is 0 Å². The predicted molar refractivity (Wildman–Crippen MR) is 85.6 cm³/mol. The Morgan fingerprint density at radius 1 is 1.21 bits per heavy atom. The maximum absolute atomic E-state index is 3.75. The SMILES string of the molecule is CCCNC(CCN(CC1CC1)C(C)C)C(C)(C)C. The van der Waals surface area contributed by atoms with Gasteiger partial charge in [0.25, 0.3) is 0 Å². The molecular formula is C17H36N2. The van der Waals surface area contributed by atoms with Crippen LogP contribution in [0.25, 0.3) is 0 Å². The highest BCUT2D eigenvalue weighted by atomic mass is 15.2. The van der Waals surface area contributed by atoms with Gasteiger partial charge < -0.3 is 10.2 Å². The molecule has 1 saturated carbocycles. The van der Waals surface area contributed by atoms with Crippen LogP contribution in [0.1, 0.15) is 67.2 Å². The largest absolute Gasteiger partial charge is 0.313 e. The molecule has 2 nitrogen and oxygen atoms in total. The summed E-state index contributed by atoms with van der Waals surface area (Å²) in [5, 5.41) is 3.75. The summed E-state index contributed by atoms with van der Waals surface area (Å²) in [5.41, 5.74) is 0.359. The zero-order valence-electron chi connectivity index (χ0n) is 14.1. The lowest BCUT2D eigenvalue weighted by molar-refractivity contribution is 0.173. The van der Waals surface area contributed by atoms with Gasteiger partial charge in [0.05, 0.1) is 0 Å². The summed E-state index contributed by atoms with van der Waals surface area (Å²) < 4.78 is 0. The molecule has 1 fully saturated rings. The standard InChI is InChI=1S/C17H36N2/c1-7-11-18-16(17(4,5)6)10-12-19(14(2)3)13-15-8-9-15/h14-16,18H,7-13H2,1-6H3. The number of hydrogen-bond donors (Lipinski definition) is 1. The van der Waals surface area contributed by atoms with E-state index in [2.05, 4.69) is 51.8 Å². The van der Waals surface area contributed by atoms with Gasteiger partial charge in [0, 0.05) is 18.6 Å². The third-order valence-electron chi connectivity index (χ3n) is 4.31. The molecule has 19 heavy (non-hydrogen) atoms.